The second-order valence-corrected chi connectivity index (χ2v) is 9.16. The number of aliphatic hydroxyl groups excluding tert-OH is 1. The van der Waals surface area contributed by atoms with Gasteiger partial charge in [-0.2, -0.15) is 0 Å². The van der Waals surface area contributed by atoms with Gasteiger partial charge in [0.2, 0.25) is 5.91 Å². The number of esters is 1. The Hall–Kier alpha value is -3.83. The lowest BCUT2D eigenvalue weighted by molar-refractivity contribution is -0.153. The molecule has 1 fully saturated rings. The van der Waals surface area contributed by atoms with Gasteiger partial charge in [0.15, 0.2) is 11.8 Å². The molecule has 0 saturated carbocycles. The molecule has 0 spiro atoms. The van der Waals surface area contributed by atoms with Crippen molar-refractivity contribution in [1.29, 1.82) is 0 Å². The molecule has 1 saturated heterocycles. The van der Waals surface area contributed by atoms with Gasteiger partial charge >= 0.3 is 5.97 Å². The topological polar surface area (TPSA) is 138 Å². The first-order valence-corrected chi connectivity index (χ1v) is 12.2. The number of amides is 2. The molecule has 1 aromatic heterocycles. The Morgan fingerprint density at radius 2 is 2.16 bits per heavy atom. The molecule has 37 heavy (non-hydrogen) atoms. The normalized spacial score (nSPS) is 21.8. The van der Waals surface area contributed by atoms with Crippen molar-refractivity contribution >= 4 is 29.2 Å². The van der Waals surface area contributed by atoms with Gasteiger partial charge in [0.25, 0.3) is 5.91 Å². The molecule has 2 aromatic rings. The zero-order chi connectivity index (χ0) is 26.7. The van der Waals surface area contributed by atoms with E-state index in [1.807, 2.05) is 6.08 Å². The number of allylic oxidation sites excluding steroid dienone is 1. The quantitative estimate of drug-likeness (QED) is 0.264. The number of hydrogen-bond donors (Lipinski definition) is 2. The van der Waals surface area contributed by atoms with Crippen LogP contribution < -0.4 is 9.80 Å². The smallest absolute Gasteiger partial charge is 0.304 e. The number of aryl methyl sites for hydroxylation is 1. The van der Waals surface area contributed by atoms with E-state index in [0.717, 1.165) is 0 Å². The highest BCUT2D eigenvalue weighted by Gasteiger charge is 2.53. The average molecular weight is 510 g/mol. The van der Waals surface area contributed by atoms with Crippen molar-refractivity contribution in [3.63, 3.8) is 0 Å². The maximum atomic E-state index is 13.5. The molecule has 11 nitrogen and oxygen atoms in total. The van der Waals surface area contributed by atoms with Gasteiger partial charge in [0.05, 0.1) is 17.8 Å². The summed E-state index contributed by atoms with van der Waals surface area (Å²) in [6.45, 7) is 7.52. The van der Waals surface area contributed by atoms with E-state index in [4.69, 9.17) is 9.84 Å². The lowest BCUT2D eigenvalue weighted by Gasteiger charge is -2.39. The highest BCUT2D eigenvalue weighted by atomic mass is 16.6. The van der Waals surface area contributed by atoms with E-state index < -0.39 is 29.6 Å². The summed E-state index contributed by atoms with van der Waals surface area (Å²) in [5, 5.41) is 28.8. The minimum atomic E-state index is -1.86. The summed E-state index contributed by atoms with van der Waals surface area (Å²) in [5.74, 6) is -1.79. The molecular formula is C26H31N5O6. The number of aliphatic hydroxyl groups is 2. The van der Waals surface area contributed by atoms with Crippen LogP contribution in [-0.2, 0) is 37.7 Å². The number of β-lactam (4-membered cyclic amide) rings is 1. The summed E-state index contributed by atoms with van der Waals surface area (Å²) in [7, 11) is 0. The predicted molar refractivity (Wildman–Crippen MR) is 134 cm³/mol. The van der Waals surface area contributed by atoms with E-state index in [9.17, 15) is 19.5 Å². The molecule has 2 amide bonds. The molecule has 4 rings (SSSR count). The van der Waals surface area contributed by atoms with Crippen LogP contribution >= 0.6 is 0 Å². The van der Waals surface area contributed by atoms with Crippen molar-refractivity contribution in [3.8, 4) is 0 Å². The van der Waals surface area contributed by atoms with Crippen molar-refractivity contribution in [1.82, 2.24) is 15.0 Å². The SMILES string of the molecule is C=CCN1C(=O)[C@@](O)([C@@H](C)/C=C/CCn2cc(CCO)nn2)c2cc(N3C(=O)CC3OC(C)=O)ccc21. The van der Waals surface area contributed by atoms with Gasteiger partial charge in [-0.25, -0.2) is 0 Å². The van der Waals surface area contributed by atoms with Crippen molar-refractivity contribution in [3.05, 3.63) is 60.5 Å². The third kappa shape index (κ3) is 4.92. The summed E-state index contributed by atoms with van der Waals surface area (Å²) in [6.07, 6.45) is 7.40. The Morgan fingerprint density at radius 1 is 1.38 bits per heavy atom. The number of fused-ring (bicyclic) bond motifs is 1. The van der Waals surface area contributed by atoms with Crippen LogP contribution in [0.25, 0.3) is 0 Å². The fourth-order valence-corrected chi connectivity index (χ4v) is 4.70. The molecule has 0 radical (unpaired) electrons. The molecular weight excluding hydrogens is 478 g/mol. The highest BCUT2D eigenvalue weighted by Crippen LogP contribution is 2.47. The van der Waals surface area contributed by atoms with Gasteiger partial charge in [0.1, 0.15) is 0 Å². The van der Waals surface area contributed by atoms with Crippen molar-refractivity contribution in [2.75, 3.05) is 23.0 Å². The Bertz CT molecular complexity index is 1240. The first-order valence-electron chi connectivity index (χ1n) is 12.2. The average Bonchev–Trinajstić information content (AvgIpc) is 3.38. The van der Waals surface area contributed by atoms with E-state index in [1.165, 1.54) is 16.7 Å². The first-order chi connectivity index (χ1) is 17.7. The van der Waals surface area contributed by atoms with Gasteiger partial charge in [-0.1, -0.05) is 30.4 Å². The number of ether oxygens (including phenoxy) is 1. The monoisotopic (exact) mass is 509 g/mol. The number of carbonyl (C=O) groups excluding carboxylic acids is 3. The Balaban J connectivity index is 1.57. The Kier molecular flexibility index (Phi) is 7.55. The number of hydrogen-bond acceptors (Lipinski definition) is 8. The molecule has 0 aliphatic carbocycles. The van der Waals surface area contributed by atoms with Crippen LogP contribution in [0.3, 0.4) is 0 Å². The third-order valence-corrected chi connectivity index (χ3v) is 6.61. The van der Waals surface area contributed by atoms with E-state index in [-0.39, 0.29) is 25.5 Å². The van der Waals surface area contributed by atoms with Crippen molar-refractivity contribution in [2.45, 2.75) is 51.5 Å². The zero-order valence-corrected chi connectivity index (χ0v) is 20.9. The number of rotatable bonds is 11. The van der Waals surface area contributed by atoms with Gasteiger partial charge < -0.3 is 19.8 Å². The highest BCUT2D eigenvalue weighted by molar-refractivity contribution is 6.08. The van der Waals surface area contributed by atoms with Crippen LogP contribution in [0.2, 0.25) is 0 Å². The fourth-order valence-electron chi connectivity index (χ4n) is 4.70. The number of anilines is 2. The summed E-state index contributed by atoms with van der Waals surface area (Å²) < 4.78 is 6.89. The lowest BCUT2D eigenvalue weighted by atomic mass is 9.82. The van der Waals surface area contributed by atoms with Gasteiger partial charge in [-0.3, -0.25) is 24.0 Å². The van der Waals surface area contributed by atoms with E-state index in [2.05, 4.69) is 16.9 Å². The fraction of sp³-hybridized carbons (Fsp3) is 0.423. The van der Waals surface area contributed by atoms with Crippen molar-refractivity contribution in [2.24, 2.45) is 5.92 Å². The third-order valence-electron chi connectivity index (χ3n) is 6.61. The molecule has 11 heteroatoms. The standard InChI is InChI=1S/C26H31N5O6/c1-4-11-30-22-9-8-20(31-23(34)15-24(31)37-18(3)33)14-21(22)26(36,25(30)35)17(2)7-5-6-12-29-16-19(10-13-32)27-28-29/h4-5,7-9,14,16-17,24,32,36H,1,6,10-13,15H2,2-3H3/b7-5+/t17-,24?,26+/m0/s1. The van der Waals surface area contributed by atoms with Gasteiger partial charge in [-0.05, 0) is 24.6 Å². The molecule has 3 atom stereocenters. The Labute approximate surface area is 214 Å². The molecule has 1 unspecified atom stereocenters. The minimum Gasteiger partial charge on any atom is -0.441 e. The van der Waals surface area contributed by atoms with Crippen molar-refractivity contribution < 1.29 is 29.3 Å². The first kappa shape index (κ1) is 26.2. The van der Waals surface area contributed by atoms with Gasteiger partial charge in [0, 0.05) is 56.4 Å². The maximum absolute atomic E-state index is 13.5. The molecule has 196 valence electrons. The number of nitrogens with zero attached hydrogens (tertiary/aromatic N) is 5. The Morgan fingerprint density at radius 3 is 2.84 bits per heavy atom. The largest absolute Gasteiger partial charge is 0.441 e. The molecule has 2 aliphatic rings. The van der Waals surface area contributed by atoms with Crippen LogP contribution in [0.5, 0.6) is 0 Å². The summed E-state index contributed by atoms with van der Waals surface area (Å²) in [6, 6.07) is 4.98. The summed E-state index contributed by atoms with van der Waals surface area (Å²) in [5.41, 5.74) is 0.190. The van der Waals surface area contributed by atoms with Gasteiger partial charge in [-0.15, -0.1) is 11.7 Å². The number of carbonyl (C=O) groups is 3. The molecule has 1 aromatic carbocycles. The second kappa shape index (κ2) is 10.7. The van der Waals surface area contributed by atoms with Crippen LogP contribution in [0.1, 0.15) is 37.9 Å². The molecule has 3 heterocycles. The zero-order valence-electron chi connectivity index (χ0n) is 20.9. The lowest BCUT2D eigenvalue weighted by Crippen LogP contribution is -2.55. The molecule has 0 bridgehead atoms. The maximum Gasteiger partial charge on any atom is 0.304 e. The van der Waals surface area contributed by atoms with Crippen LogP contribution in [0.15, 0.2) is 49.2 Å². The molecule has 2 aliphatic heterocycles. The van der Waals surface area contributed by atoms with Crippen LogP contribution in [-0.4, -0.2) is 62.4 Å². The summed E-state index contributed by atoms with van der Waals surface area (Å²) in [4.78, 5) is 40.0. The van der Waals surface area contributed by atoms with E-state index in [0.29, 0.717) is 42.0 Å². The van der Waals surface area contributed by atoms with E-state index in [1.54, 1.807) is 48.2 Å². The predicted octanol–water partition coefficient (Wildman–Crippen LogP) is 1.44. The summed E-state index contributed by atoms with van der Waals surface area (Å²) >= 11 is 0. The van der Waals surface area contributed by atoms with E-state index >= 15 is 0 Å². The van der Waals surface area contributed by atoms with Crippen LogP contribution in [0, 0.1) is 5.92 Å². The number of aromatic nitrogens is 3. The molecule has 2 N–H and O–H groups in total. The van der Waals surface area contributed by atoms with Crippen LogP contribution in [0.4, 0.5) is 11.4 Å². The minimum absolute atomic E-state index is 0.00507. The number of benzene rings is 1. The second-order valence-electron chi connectivity index (χ2n) is 9.16.